The van der Waals surface area contributed by atoms with Crippen molar-refractivity contribution in [1.82, 2.24) is 5.32 Å². The topological polar surface area (TPSA) is 307 Å². The summed E-state index contributed by atoms with van der Waals surface area (Å²) in [5.41, 5.74) is 0. The van der Waals surface area contributed by atoms with E-state index in [1.54, 1.807) is 0 Å². The zero-order valence-electron chi connectivity index (χ0n) is 52.5. The molecule has 0 aromatic rings. The van der Waals surface area contributed by atoms with Crippen LogP contribution >= 0.6 is 0 Å². The van der Waals surface area contributed by atoms with Crippen molar-refractivity contribution >= 4 is 5.91 Å². The molecule has 3 heterocycles. The number of nitrogens with one attached hydrogen (secondary N) is 1. The minimum absolute atomic E-state index is 0.247. The third-order valence-electron chi connectivity index (χ3n) is 16.6. The van der Waals surface area contributed by atoms with Gasteiger partial charge in [0.05, 0.1) is 38.6 Å². The number of hydrogen-bond donors (Lipinski definition) is 12. The number of aliphatic hydroxyl groups excluding tert-OH is 11. The molecule has 1 amide bonds. The summed E-state index contributed by atoms with van der Waals surface area (Å²) in [6.45, 7) is 1.67. The van der Waals surface area contributed by atoms with Gasteiger partial charge >= 0.3 is 0 Å². The van der Waals surface area contributed by atoms with Gasteiger partial charge in [-0.2, -0.15) is 0 Å². The molecule has 17 unspecified atom stereocenters. The van der Waals surface area contributed by atoms with E-state index in [0.29, 0.717) is 12.8 Å². The van der Waals surface area contributed by atoms with Gasteiger partial charge < -0.3 is 89.9 Å². The highest BCUT2D eigenvalue weighted by Crippen LogP contribution is 2.33. The van der Waals surface area contributed by atoms with Crippen molar-refractivity contribution in [3.63, 3.8) is 0 Å². The predicted octanol–water partition coefficient (Wildman–Crippen LogP) is 7.99. The molecule has 3 aliphatic rings. The summed E-state index contributed by atoms with van der Waals surface area (Å²) in [7, 11) is 0. The first-order valence-electron chi connectivity index (χ1n) is 33.5. The number of allylic oxidation sites excluding steroid dienone is 10. The molecular weight excluding hydrogens is 1110 g/mol. The van der Waals surface area contributed by atoms with Crippen LogP contribution < -0.4 is 5.32 Å². The van der Waals surface area contributed by atoms with E-state index >= 15 is 0 Å². The van der Waals surface area contributed by atoms with E-state index in [1.165, 1.54) is 109 Å². The molecule has 19 nitrogen and oxygen atoms in total. The van der Waals surface area contributed by atoms with Crippen molar-refractivity contribution in [2.45, 2.75) is 330 Å². The Labute approximate surface area is 515 Å². The molecule has 0 aromatic heterocycles. The van der Waals surface area contributed by atoms with Gasteiger partial charge in [0.2, 0.25) is 5.91 Å². The maximum absolute atomic E-state index is 13.4. The molecule has 0 bridgehead atoms. The first kappa shape index (κ1) is 77.7. The summed E-state index contributed by atoms with van der Waals surface area (Å²) < 4.78 is 34.3. The summed E-state index contributed by atoms with van der Waals surface area (Å²) in [6, 6.07) is -0.889. The van der Waals surface area contributed by atoms with Gasteiger partial charge in [0.25, 0.3) is 0 Å². The molecule has 0 spiro atoms. The second-order valence-electron chi connectivity index (χ2n) is 23.9. The molecule has 12 N–H and O–H groups in total. The normalized spacial score (nSPS) is 29.2. The minimum Gasteiger partial charge on any atom is -0.394 e. The fraction of sp³-hybridized carbons (Fsp3) is 0.836. The average Bonchev–Trinajstić information content (AvgIpc) is 2.62. The lowest BCUT2D eigenvalue weighted by Gasteiger charge is -2.48. The van der Waals surface area contributed by atoms with Crippen LogP contribution in [0.15, 0.2) is 60.8 Å². The number of ether oxygens (including phenoxy) is 6. The Morgan fingerprint density at radius 1 is 0.430 bits per heavy atom. The van der Waals surface area contributed by atoms with Gasteiger partial charge in [0.15, 0.2) is 18.9 Å². The minimum atomic E-state index is -1.97. The molecule has 0 aromatic carbocycles. The van der Waals surface area contributed by atoms with Crippen LogP contribution in [0.1, 0.15) is 226 Å². The van der Waals surface area contributed by atoms with Gasteiger partial charge in [-0.25, -0.2) is 0 Å². The Kier molecular flexibility index (Phi) is 44.5. The standard InChI is InChI=1S/C67H119NO18/c1-3-5-7-9-11-13-15-17-18-19-20-21-22-23-24-25-26-27-28-29-30-31-32-33-35-37-39-41-43-45-55(73)68-50(51(72)44-42-40-38-36-34-16-14-12-10-8-6-4-2)49-81-65-61(79)58(76)63(53(47-70)83-65)86-67-62(80)59(77)64(54(48-71)84-67)85-66-60(78)57(75)56(74)52(46-69)82-66/h5,7,11,13,17-18,20-21,23-24,50-54,56-67,69-72,74-80H,3-4,6,8-10,12,14-16,19,22,25-49H2,1-2H3,(H,68,73)/b7-5-,13-11-,18-17-,21-20-,24-23-. The lowest BCUT2D eigenvalue weighted by Crippen LogP contribution is -2.66. The zero-order chi connectivity index (χ0) is 62.6. The van der Waals surface area contributed by atoms with Gasteiger partial charge in [-0.05, 0) is 57.8 Å². The monoisotopic (exact) mass is 1230 g/mol. The van der Waals surface area contributed by atoms with Crippen LogP contribution in [0.2, 0.25) is 0 Å². The van der Waals surface area contributed by atoms with Crippen LogP contribution in [-0.4, -0.2) is 193 Å². The van der Waals surface area contributed by atoms with Gasteiger partial charge in [-0.3, -0.25) is 4.79 Å². The van der Waals surface area contributed by atoms with E-state index < -0.39 is 124 Å². The first-order valence-corrected chi connectivity index (χ1v) is 33.5. The number of hydrogen-bond acceptors (Lipinski definition) is 18. The van der Waals surface area contributed by atoms with Gasteiger partial charge in [-0.1, -0.05) is 222 Å². The Hall–Kier alpha value is -2.51. The Morgan fingerprint density at radius 3 is 1.26 bits per heavy atom. The molecule has 17 atom stereocenters. The molecule has 0 radical (unpaired) electrons. The molecule has 3 fully saturated rings. The van der Waals surface area contributed by atoms with E-state index in [1.807, 2.05) is 0 Å². The van der Waals surface area contributed by atoms with E-state index in [0.717, 1.165) is 83.5 Å². The number of rotatable bonds is 50. The Balaban J connectivity index is 1.39. The molecule has 3 aliphatic heterocycles. The number of carbonyl (C=O) groups is 1. The fourth-order valence-electron chi connectivity index (χ4n) is 11.2. The number of amides is 1. The lowest BCUT2D eigenvalue weighted by atomic mass is 9.96. The highest BCUT2D eigenvalue weighted by Gasteiger charge is 2.53. The fourth-order valence-corrected chi connectivity index (χ4v) is 11.2. The first-order chi connectivity index (χ1) is 41.8. The summed E-state index contributed by atoms with van der Waals surface area (Å²) in [5.74, 6) is -0.247. The molecular formula is C67H119NO18. The molecule has 0 aliphatic carbocycles. The summed E-state index contributed by atoms with van der Waals surface area (Å²) in [6.07, 6.45) is 31.7. The third kappa shape index (κ3) is 31.5. The highest BCUT2D eigenvalue weighted by atomic mass is 16.8. The maximum Gasteiger partial charge on any atom is 0.220 e. The second kappa shape index (κ2) is 49.2. The Bertz CT molecular complexity index is 1800. The lowest BCUT2D eigenvalue weighted by molar-refractivity contribution is -0.379. The van der Waals surface area contributed by atoms with Crippen LogP contribution in [0.5, 0.6) is 0 Å². The molecule has 500 valence electrons. The third-order valence-corrected chi connectivity index (χ3v) is 16.6. The molecule has 0 saturated carbocycles. The van der Waals surface area contributed by atoms with Crippen molar-refractivity contribution in [2.75, 3.05) is 26.4 Å². The van der Waals surface area contributed by atoms with Crippen LogP contribution in [0.4, 0.5) is 0 Å². The second-order valence-corrected chi connectivity index (χ2v) is 23.9. The van der Waals surface area contributed by atoms with Crippen LogP contribution in [0.25, 0.3) is 0 Å². The summed E-state index contributed by atoms with van der Waals surface area (Å²) >= 11 is 0. The quantitative estimate of drug-likeness (QED) is 0.0203. The van der Waals surface area contributed by atoms with Crippen molar-refractivity contribution in [3.8, 4) is 0 Å². The SMILES string of the molecule is CC/C=C\C/C=C\C/C=C\C/C=C\C/C=C\CCCCCCCCCCCCCCCC(=O)NC(COC1OC(CO)C(OC2OC(CO)C(OC3OC(CO)C(O)C(O)C3O)C(O)C2O)C(O)C1O)C(O)CCCCCCCCCCCCCC. The summed E-state index contributed by atoms with van der Waals surface area (Å²) in [5, 5.41) is 120. The van der Waals surface area contributed by atoms with Gasteiger partial charge in [-0.15, -0.1) is 0 Å². The number of aliphatic hydroxyl groups is 11. The molecule has 19 heteroatoms. The van der Waals surface area contributed by atoms with E-state index in [9.17, 15) is 61.0 Å². The smallest absolute Gasteiger partial charge is 0.220 e. The number of carbonyl (C=O) groups excluding carboxylic acids is 1. The molecule has 86 heavy (non-hydrogen) atoms. The predicted molar refractivity (Wildman–Crippen MR) is 332 cm³/mol. The molecule has 3 rings (SSSR count). The van der Waals surface area contributed by atoms with Crippen molar-refractivity contribution < 1.29 is 89.4 Å². The Morgan fingerprint density at radius 2 is 0.802 bits per heavy atom. The van der Waals surface area contributed by atoms with Crippen molar-refractivity contribution in [2.24, 2.45) is 0 Å². The van der Waals surface area contributed by atoms with Crippen LogP contribution in [0.3, 0.4) is 0 Å². The summed E-state index contributed by atoms with van der Waals surface area (Å²) in [4.78, 5) is 13.4. The van der Waals surface area contributed by atoms with E-state index in [-0.39, 0.29) is 18.9 Å². The zero-order valence-corrected chi connectivity index (χ0v) is 52.5. The van der Waals surface area contributed by atoms with Gasteiger partial charge in [0.1, 0.15) is 73.2 Å². The van der Waals surface area contributed by atoms with Crippen LogP contribution in [0, 0.1) is 0 Å². The molecule has 3 saturated heterocycles. The van der Waals surface area contributed by atoms with E-state index in [4.69, 9.17) is 28.4 Å². The van der Waals surface area contributed by atoms with E-state index in [2.05, 4.69) is 79.9 Å². The number of unbranched alkanes of at least 4 members (excludes halogenated alkanes) is 24. The maximum atomic E-state index is 13.4. The highest BCUT2D eigenvalue weighted by molar-refractivity contribution is 5.76. The van der Waals surface area contributed by atoms with Crippen molar-refractivity contribution in [1.29, 1.82) is 0 Å². The van der Waals surface area contributed by atoms with Crippen molar-refractivity contribution in [3.05, 3.63) is 60.8 Å². The average molecular weight is 1230 g/mol. The largest absolute Gasteiger partial charge is 0.394 e. The van der Waals surface area contributed by atoms with Crippen LogP contribution in [-0.2, 0) is 33.2 Å². The van der Waals surface area contributed by atoms with Gasteiger partial charge in [0, 0.05) is 6.42 Å².